The lowest BCUT2D eigenvalue weighted by atomic mass is 10.1. The summed E-state index contributed by atoms with van der Waals surface area (Å²) in [4.78, 5) is 17.1. The van der Waals surface area contributed by atoms with Crippen molar-refractivity contribution in [3.63, 3.8) is 0 Å². The summed E-state index contributed by atoms with van der Waals surface area (Å²) in [5, 5.41) is 16.1. The number of nitrogens with one attached hydrogen (secondary N) is 1. The number of nitriles is 1. The molecule has 27 heavy (non-hydrogen) atoms. The van der Waals surface area contributed by atoms with Crippen LogP contribution >= 0.6 is 23.2 Å². The van der Waals surface area contributed by atoms with Gasteiger partial charge in [0.2, 0.25) is 0 Å². The fraction of sp³-hybridized carbons (Fsp3) is 0.105. The molecule has 0 saturated carbocycles. The summed E-state index contributed by atoms with van der Waals surface area (Å²) in [6, 6.07) is 13.8. The summed E-state index contributed by atoms with van der Waals surface area (Å²) in [6.45, 7) is 0.106. The van der Waals surface area contributed by atoms with Crippen LogP contribution in [0.15, 0.2) is 53.2 Å². The van der Waals surface area contributed by atoms with Crippen LogP contribution in [-0.2, 0) is 16.2 Å². The third-order valence-electron chi connectivity index (χ3n) is 3.35. The first-order valence-electron chi connectivity index (χ1n) is 7.68. The first-order valence-corrected chi connectivity index (χ1v) is 8.43. The molecule has 0 spiro atoms. The summed E-state index contributed by atoms with van der Waals surface area (Å²) < 4.78 is 5.06. The van der Waals surface area contributed by atoms with Gasteiger partial charge in [0, 0.05) is 15.6 Å². The van der Waals surface area contributed by atoms with E-state index in [1.165, 1.54) is 6.08 Å². The van der Waals surface area contributed by atoms with Crippen molar-refractivity contribution in [1.29, 1.82) is 5.26 Å². The minimum Gasteiger partial charge on any atom is -0.497 e. The molecule has 1 amide bonds. The van der Waals surface area contributed by atoms with Gasteiger partial charge in [-0.15, -0.1) is 0 Å². The van der Waals surface area contributed by atoms with E-state index >= 15 is 0 Å². The van der Waals surface area contributed by atoms with Gasteiger partial charge in [-0.3, -0.25) is 4.79 Å². The van der Waals surface area contributed by atoms with Crippen LogP contribution in [-0.4, -0.2) is 19.4 Å². The molecule has 0 aliphatic rings. The fourth-order valence-corrected chi connectivity index (χ4v) is 2.42. The number of benzene rings is 2. The maximum Gasteiger partial charge on any atom is 0.267 e. The number of hydrogen-bond acceptors (Lipinski definition) is 5. The molecule has 0 radical (unpaired) electrons. The molecule has 2 aromatic rings. The van der Waals surface area contributed by atoms with E-state index < -0.39 is 5.91 Å². The Morgan fingerprint density at radius 3 is 2.63 bits per heavy atom. The highest BCUT2D eigenvalue weighted by Gasteiger charge is 2.07. The normalized spacial score (nSPS) is 11.1. The third kappa shape index (κ3) is 6.33. The number of nitrogens with zero attached hydrogens (tertiary/aromatic N) is 2. The highest BCUT2D eigenvalue weighted by atomic mass is 35.5. The van der Waals surface area contributed by atoms with Crippen LogP contribution < -0.4 is 10.1 Å². The molecular formula is C19H15Cl2N3O3. The van der Waals surface area contributed by atoms with Crippen molar-refractivity contribution in [1.82, 2.24) is 5.32 Å². The summed E-state index contributed by atoms with van der Waals surface area (Å²) in [6.07, 6.45) is 2.52. The van der Waals surface area contributed by atoms with E-state index in [4.69, 9.17) is 38.0 Å². The number of oxime groups is 1. The lowest BCUT2D eigenvalue weighted by molar-refractivity contribution is -0.115. The van der Waals surface area contributed by atoms with E-state index in [-0.39, 0.29) is 12.2 Å². The molecular weight excluding hydrogens is 389 g/mol. The summed E-state index contributed by atoms with van der Waals surface area (Å²) in [7, 11) is 1.56. The maximum atomic E-state index is 12.0. The van der Waals surface area contributed by atoms with Gasteiger partial charge in [-0.25, -0.2) is 0 Å². The summed E-state index contributed by atoms with van der Waals surface area (Å²) in [5.41, 5.74) is 1.31. The molecule has 0 aromatic heterocycles. The molecule has 8 heteroatoms. The van der Waals surface area contributed by atoms with E-state index in [0.717, 1.165) is 6.34 Å². The van der Waals surface area contributed by atoms with Gasteiger partial charge in [-0.05, 0) is 35.9 Å². The number of methoxy groups -OCH3 is 1. The van der Waals surface area contributed by atoms with Crippen LogP contribution in [0.5, 0.6) is 5.75 Å². The lowest BCUT2D eigenvalue weighted by Crippen LogP contribution is -2.22. The van der Waals surface area contributed by atoms with E-state index in [9.17, 15) is 4.79 Å². The third-order valence-corrected chi connectivity index (χ3v) is 3.94. The minimum absolute atomic E-state index is 0.0765. The second-order valence-electron chi connectivity index (χ2n) is 5.16. The number of carbonyl (C=O) groups excluding carboxylic acids is 1. The average molecular weight is 404 g/mol. The Morgan fingerprint density at radius 1 is 1.26 bits per heavy atom. The SMILES string of the molecule is COc1ccc(C=C(C#N)C(=O)NC=NOCc2ccc(Cl)cc2Cl)cc1. The van der Waals surface area contributed by atoms with E-state index in [2.05, 4.69) is 10.5 Å². The largest absolute Gasteiger partial charge is 0.497 e. The molecule has 2 aromatic carbocycles. The van der Waals surface area contributed by atoms with Crippen LogP contribution in [0.3, 0.4) is 0 Å². The van der Waals surface area contributed by atoms with Gasteiger partial charge in [0.05, 0.1) is 7.11 Å². The van der Waals surface area contributed by atoms with Crippen LogP contribution in [0.25, 0.3) is 6.08 Å². The summed E-state index contributed by atoms with van der Waals surface area (Å²) >= 11 is 11.8. The molecule has 0 saturated heterocycles. The monoisotopic (exact) mass is 403 g/mol. The van der Waals surface area contributed by atoms with Gasteiger partial charge in [0.25, 0.3) is 5.91 Å². The van der Waals surface area contributed by atoms with Gasteiger partial charge < -0.3 is 14.9 Å². The topological polar surface area (TPSA) is 83.7 Å². The van der Waals surface area contributed by atoms with Gasteiger partial charge in [-0.1, -0.05) is 46.6 Å². The van der Waals surface area contributed by atoms with Crippen LogP contribution in [0.4, 0.5) is 0 Å². The number of ether oxygens (including phenoxy) is 1. The van der Waals surface area contributed by atoms with Crippen molar-refractivity contribution in [3.8, 4) is 11.8 Å². The van der Waals surface area contributed by atoms with E-state index in [0.29, 0.717) is 26.9 Å². The Morgan fingerprint density at radius 2 is 2.00 bits per heavy atom. The molecule has 6 nitrogen and oxygen atoms in total. The highest BCUT2D eigenvalue weighted by Crippen LogP contribution is 2.21. The zero-order chi connectivity index (χ0) is 19.6. The van der Waals surface area contributed by atoms with E-state index in [1.807, 2.05) is 6.07 Å². The van der Waals surface area contributed by atoms with Crippen molar-refractivity contribution in [2.75, 3.05) is 7.11 Å². The van der Waals surface area contributed by atoms with Crippen LogP contribution in [0.2, 0.25) is 10.0 Å². The molecule has 0 atom stereocenters. The highest BCUT2D eigenvalue weighted by molar-refractivity contribution is 6.35. The van der Waals surface area contributed by atoms with Gasteiger partial charge in [0.1, 0.15) is 30.3 Å². The Labute approximate surface area is 166 Å². The zero-order valence-electron chi connectivity index (χ0n) is 14.3. The van der Waals surface area contributed by atoms with Gasteiger partial charge in [0.15, 0.2) is 0 Å². The Kier molecular flexibility index (Phi) is 7.68. The predicted molar refractivity (Wildman–Crippen MR) is 104 cm³/mol. The number of hydrogen-bond donors (Lipinski definition) is 1. The smallest absolute Gasteiger partial charge is 0.267 e. The van der Waals surface area contributed by atoms with Gasteiger partial charge in [-0.2, -0.15) is 5.26 Å². The molecule has 0 bridgehead atoms. The average Bonchev–Trinajstić information content (AvgIpc) is 2.67. The van der Waals surface area contributed by atoms with Crippen molar-refractivity contribution < 1.29 is 14.4 Å². The summed E-state index contributed by atoms with van der Waals surface area (Å²) in [5.74, 6) is 0.0744. The van der Waals surface area contributed by atoms with Crippen molar-refractivity contribution >= 4 is 41.5 Å². The van der Waals surface area contributed by atoms with Crippen molar-refractivity contribution in [2.24, 2.45) is 5.16 Å². The maximum absolute atomic E-state index is 12.0. The molecule has 0 heterocycles. The quantitative estimate of drug-likeness (QED) is 0.247. The standard InChI is InChI=1S/C19H15Cl2N3O3/c1-26-17-6-2-13(3-7-17)8-15(10-22)19(25)23-12-24-27-11-14-4-5-16(20)9-18(14)21/h2-9,12H,11H2,1H3,(H,23,24,25). The first kappa shape index (κ1) is 20.3. The number of halogens is 2. The molecule has 138 valence electrons. The second-order valence-corrected chi connectivity index (χ2v) is 6.00. The van der Waals surface area contributed by atoms with Crippen LogP contribution in [0, 0.1) is 11.3 Å². The first-order chi connectivity index (χ1) is 13.0. The lowest BCUT2D eigenvalue weighted by Gasteiger charge is -2.03. The van der Waals surface area contributed by atoms with Gasteiger partial charge >= 0.3 is 0 Å². The Balaban J connectivity index is 1.89. The van der Waals surface area contributed by atoms with Crippen LogP contribution in [0.1, 0.15) is 11.1 Å². The number of rotatable bonds is 7. The number of carbonyl (C=O) groups is 1. The molecule has 0 aliphatic heterocycles. The Hall–Kier alpha value is -3.01. The van der Waals surface area contributed by atoms with Crippen molar-refractivity contribution in [2.45, 2.75) is 6.61 Å². The molecule has 0 aliphatic carbocycles. The second kappa shape index (κ2) is 10.2. The number of amides is 1. The minimum atomic E-state index is -0.606. The fourth-order valence-electron chi connectivity index (χ4n) is 1.96. The molecule has 2 rings (SSSR count). The predicted octanol–water partition coefficient (Wildman–Crippen LogP) is 4.19. The Bertz CT molecular complexity index is 903. The molecule has 0 fully saturated rings. The zero-order valence-corrected chi connectivity index (χ0v) is 15.8. The van der Waals surface area contributed by atoms with E-state index in [1.54, 1.807) is 49.6 Å². The van der Waals surface area contributed by atoms with Crippen molar-refractivity contribution in [3.05, 3.63) is 69.2 Å². The molecule has 1 N–H and O–H groups in total. The molecule has 0 unspecified atom stereocenters.